The van der Waals surface area contributed by atoms with Crippen LogP contribution in [0.5, 0.6) is 0 Å². The van der Waals surface area contributed by atoms with Crippen molar-refractivity contribution < 1.29 is 14.0 Å². The van der Waals surface area contributed by atoms with Gasteiger partial charge in [-0.3, -0.25) is 4.79 Å². The Labute approximate surface area is 172 Å². The summed E-state index contributed by atoms with van der Waals surface area (Å²) in [4.78, 5) is 22.2. The molecule has 2 heterocycles. The second-order valence-corrected chi connectivity index (χ2v) is 7.84. The Morgan fingerprint density at radius 3 is 2.79 bits per heavy atom. The number of hydrogen-bond acceptors (Lipinski definition) is 5. The fourth-order valence-electron chi connectivity index (χ4n) is 3.15. The number of carbonyl (C=O) groups excluding carboxylic acids is 1. The Hall–Kier alpha value is -3.06. The summed E-state index contributed by atoms with van der Waals surface area (Å²) in [7, 11) is 0. The lowest BCUT2D eigenvalue weighted by atomic mass is 10.0. The predicted octanol–water partition coefficient (Wildman–Crippen LogP) is 3.99. The second kappa shape index (κ2) is 8.96. The zero-order valence-corrected chi connectivity index (χ0v) is 16.5. The van der Waals surface area contributed by atoms with Crippen molar-refractivity contribution in [1.82, 2.24) is 10.3 Å². The van der Waals surface area contributed by atoms with Crippen LogP contribution in [0.1, 0.15) is 33.0 Å². The summed E-state index contributed by atoms with van der Waals surface area (Å²) >= 11 is 1.48. The van der Waals surface area contributed by atoms with Crippen molar-refractivity contribution >= 4 is 23.0 Å². The van der Waals surface area contributed by atoms with Crippen LogP contribution in [0.25, 0.3) is 0 Å². The molecule has 0 saturated heterocycles. The molecule has 7 heteroatoms. The highest BCUT2D eigenvalue weighted by atomic mass is 32.1. The van der Waals surface area contributed by atoms with Crippen LogP contribution in [0, 0.1) is 5.82 Å². The molecule has 1 unspecified atom stereocenters. The van der Waals surface area contributed by atoms with Gasteiger partial charge in [-0.15, -0.1) is 11.3 Å². The molecule has 0 aliphatic carbocycles. The van der Waals surface area contributed by atoms with Gasteiger partial charge in [-0.2, -0.15) is 0 Å². The highest BCUT2D eigenvalue weighted by Crippen LogP contribution is 2.16. The van der Waals surface area contributed by atoms with Crippen LogP contribution in [0.15, 0.2) is 65.1 Å². The molecule has 1 aliphatic rings. The molecule has 1 amide bonds. The Kier molecular flexibility index (Phi) is 5.95. The van der Waals surface area contributed by atoms with Crippen LogP contribution in [0.4, 0.5) is 4.39 Å². The monoisotopic (exact) mass is 409 g/mol. The van der Waals surface area contributed by atoms with Crippen molar-refractivity contribution in [2.45, 2.75) is 25.4 Å². The van der Waals surface area contributed by atoms with Crippen molar-refractivity contribution in [2.75, 3.05) is 6.54 Å². The van der Waals surface area contributed by atoms with Crippen molar-refractivity contribution in [1.29, 1.82) is 0 Å². The van der Waals surface area contributed by atoms with E-state index in [1.54, 1.807) is 11.4 Å². The smallest absolute Gasteiger partial charge is 0.270 e. The molecule has 0 radical (unpaired) electrons. The molecule has 0 saturated carbocycles. The number of nitrogens with one attached hydrogen (secondary N) is 1. The van der Waals surface area contributed by atoms with Crippen LogP contribution in [-0.2, 0) is 17.7 Å². The van der Waals surface area contributed by atoms with Crippen LogP contribution in [-0.4, -0.2) is 29.3 Å². The third kappa shape index (κ3) is 5.26. The number of carbonyl (C=O) groups is 1. The number of amides is 1. The van der Waals surface area contributed by atoms with Crippen molar-refractivity contribution in [2.24, 2.45) is 5.16 Å². The van der Waals surface area contributed by atoms with Gasteiger partial charge in [0.25, 0.3) is 5.91 Å². The van der Waals surface area contributed by atoms with Gasteiger partial charge in [0.2, 0.25) is 0 Å². The zero-order valence-electron chi connectivity index (χ0n) is 15.7. The van der Waals surface area contributed by atoms with Gasteiger partial charge in [-0.25, -0.2) is 9.37 Å². The van der Waals surface area contributed by atoms with Crippen molar-refractivity contribution in [3.8, 4) is 0 Å². The lowest BCUT2D eigenvalue weighted by Gasteiger charge is -2.08. The minimum absolute atomic E-state index is 0.218. The topological polar surface area (TPSA) is 63.6 Å². The average molecular weight is 409 g/mol. The lowest BCUT2D eigenvalue weighted by Crippen LogP contribution is -2.32. The van der Waals surface area contributed by atoms with E-state index in [1.165, 1.54) is 23.5 Å². The first-order chi connectivity index (χ1) is 14.2. The standard InChI is InChI=1S/C22H20FN3O2S/c23-17-8-4-7-16(9-17)10-18-12-19(28-26-18)13-24-22(27)20-14-29-21(25-20)11-15-5-2-1-3-6-15/h1-9,14,19H,10-13H2,(H,24,27). The van der Waals surface area contributed by atoms with Gasteiger partial charge in [-0.1, -0.05) is 47.6 Å². The van der Waals surface area contributed by atoms with Gasteiger partial charge in [0.05, 0.1) is 17.3 Å². The number of oxime groups is 1. The fourth-order valence-corrected chi connectivity index (χ4v) is 3.96. The average Bonchev–Trinajstić information content (AvgIpc) is 3.37. The molecule has 4 rings (SSSR count). The van der Waals surface area contributed by atoms with Crippen LogP contribution in [0.3, 0.4) is 0 Å². The van der Waals surface area contributed by atoms with E-state index in [9.17, 15) is 9.18 Å². The maximum Gasteiger partial charge on any atom is 0.270 e. The van der Waals surface area contributed by atoms with E-state index in [-0.39, 0.29) is 17.8 Å². The first kappa shape index (κ1) is 19.3. The first-order valence-corrected chi connectivity index (χ1v) is 10.3. The van der Waals surface area contributed by atoms with E-state index < -0.39 is 0 Å². The number of benzene rings is 2. The number of aromatic nitrogens is 1. The molecule has 2 aromatic carbocycles. The molecule has 29 heavy (non-hydrogen) atoms. The van der Waals surface area contributed by atoms with Gasteiger partial charge in [0.15, 0.2) is 0 Å². The van der Waals surface area contributed by atoms with Gasteiger partial charge in [-0.05, 0) is 23.3 Å². The molecule has 3 aromatic rings. The fraction of sp³-hybridized carbons (Fsp3) is 0.227. The van der Waals surface area contributed by atoms with Gasteiger partial charge >= 0.3 is 0 Å². The summed E-state index contributed by atoms with van der Waals surface area (Å²) in [6, 6.07) is 16.5. The third-order valence-electron chi connectivity index (χ3n) is 4.56. The highest BCUT2D eigenvalue weighted by Gasteiger charge is 2.22. The molecule has 1 aliphatic heterocycles. The molecule has 5 nitrogen and oxygen atoms in total. The minimum atomic E-state index is -0.263. The van der Waals surface area contributed by atoms with E-state index >= 15 is 0 Å². The van der Waals surface area contributed by atoms with E-state index in [0.29, 0.717) is 31.5 Å². The zero-order chi connectivity index (χ0) is 20.1. The predicted molar refractivity (Wildman–Crippen MR) is 111 cm³/mol. The number of rotatable bonds is 7. The molecular weight excluding hydrogens is 389 g/mol. The maximum atomic E-state index is 13.3. The molecule has 1 atom stereocenters. The minimum Gasteiger partial charge on any atom is -0.390 e. The lowest BCUT2D eigenvalue weighted by molar-refractivity contribution is 0.0751. The van der Waals surface area contributed by atoms with E-state index in [1.807, 2.05) is 36.4 Å². The molecule has 1 N–H and O–H groups in total. The van der Waals surface area contributed by atoms with Crippen LogP contribution in [0.2, 0.25) is 0 Å². The molecule has 148 valence electrons. The molecule has 1 aromatic heterocycles. The van der Waals surface area contributed by atoms with Crippen LogP contribution < -0.4 is 5.32 Å². The first-order valence-electron chi connectivity index (χ1n) is 9.38. The quantitative estimate of drug-likeness (QED) is 0.642. The number of thiazole rings is 1. The SMILES string of the molecule is O=C(NCC1CC(Cc2cccc(F)c2)=NO1)c1csc(Cc2ccccc2)n1. The summed E-state index contributed by atoms with van der Waals surface area (Å²) in [5.41, 5.74) is 3.27. The van der Waals surface area contributed by atoms with Gasteiger partial charge < -0.3 is 10.2 Å². The number of nitrogens with zero attached hydrogens (tertiary/aromatic N) is 2. The Balaban J connectivity index is 1.24. The number of halogens is 1. The summed E-state index contributed by atoms with van der Waals surface area (Å²) in [6.07, 6.45) is 1.64. The van der Waals surface area contributed by atoms with Gasteiger partial charge in [0, 0.05) is 24.6 Å². The van der Waals surface area contributed by atoms with Crippen molar-refractivity contribution in [3.05, 3.63) is 87.6 Å². The second-order valence-electron chi connectivity index (χ2n) is 6.89. The Morgan fingerprint density at radius 1 is 1.14 bits per heavy atom. The normalized spacial score (nSPS) is 15.6. The highest BCUT2D eigenvalue weighted by molar-refractivity contribution is 7.09. The maximum absolute atomic E-state index is 13.3. The van der Waals surface area contributed by atoms with E-state index in [4.69, 9.17) is 4.84 Å². The van der Waals surface area contributed by atoms with Crippen molar-refractivity contribution in [3.63, 3.8) is 0 Å². The van der Waals surface area contributed by atoms with Gasteiger partial charge in [0.1, 0.15) is 17.6 Å². The molecular formula is C22H20FN3O2S. The summed E-state index contributed by atoms with van der Waals surface area (Å²) in [5, 5.41) is 9.61. The largest absolute Gasteiger partial charge is 0.390 e. The third-order valence-corrected chi connectivity index (χ3v) is 5.41. The molecule has 0 spiro atoms. The summed E-state index contributed by atoms with van der Waals surface area (Å²) in [6.45, 7) is 0.348. The number of hydrogen-bond donors (Lipinski definition) is 1. The van der Waals surface area contributed by atoms with E-state index in [2.05, 4.69) is 15.5 Å². The van der Waals surface area contributed by atoms with Crippen LogP contribution >= 0.6 is 11.3 Å². The molecule has 0 fully saturated rings. The summed E-state index contributed by atoms with van der Waals surface area (Å²) in [5.74, 6) is -0.483. The van der Waals surface area contributed by atoms with E-state index in [0.717, 1.165) is 21.8 Å². The Morgan fingerprint density at radius 2 is 1.97 bits per heavy atom. The summed E-state index contributed by atoms with van der Waals surface area (Å²) < 4.78 is 13.3. The molecule has 0 bridgehead atoms. The Bertz CT molecular complexity index is 1020.